The summed E-state index contributed by atoms with van der Waals surface area (Å²) in [6.07, 6.45) is 5.88. The summed E-state index contributed by atoms with van der Waals surface area (Å²) in [6, 6.07) is 6.82. The monoisotopic (exact) mass is 261 g/mol. The van der Waals surface area contributed by atoms with Gasteiger partial charge in [-0.25, -0.2) is 0 Å². The molecule has 2 heterocycles. The van der Waals surface area contributed by atoms with E-state index in [1.807, 2.05) is 12.3 Å². The summed E-state index contributed by atoms with van der Waals surface area (Å²) in [5.41, 5.74) is 1.17. The minimum absolute atomic E-state index is 0.655. The summed E-state index contributed by atoms with van der Waals surface area (Å²) in [5.74, 6) is 0.916. The van der Waals surface area contributed by atoms with E-state index in [-0.39, 0.29) is 0 Å². The van der Waals surface area contributed by atoms with Gasteiger partial charge in [-0.05, 0) is 44.0 Å². The van der Waals surface area contributed by atoms with Crippen LogP contribution in [0.15, 0.2) is 24.4 Å². The van der Waals surface area contributed by atoms with Gasteiger partial charge in [0.05, 0.1) is 5.69 Å². The molecule has 0 amide bonds. The number of aromatic nitrogens is 1. The van der Waals surface area contributed by atoms with Gasteiger partial charge in [0.25, 0.3) is 0 Å². The van der Waals surface area contributed by atoms with E-state index in [1.54, 1.807) is 0 Å². The Balaban J connectivity index is 1.85. The van der Waals surface area contributed by atoms with Gasteiger partial charge in [0.2, 0.25) is 0 Å². The molecule has 0 spiro atoms. The topological polar surface area (TPSA) is 28.2 Å². The largest absolute Gasteiger partial charge is 0.313 e. The van der Waals surface area contributed by atoms with Crippen LogP contribution >= 0.6 is 0 Å². The van der Waals surface area contributed by atoms with E-state index in [0.29, 0.717) is 6.04 Å². The van der Waals surface area contributed by atoms with Crippen molar-refractivity contribution in [3.63, 3.8) is 0 Å². The highest BCUT2D eigenvalue weighted by Crippen LogP contribution is 2.20. The van der Waals surface area contributed by atoms with Crippen LogP contribution in [-0.2, 0) is 6.54 Å². The number of likely N-dealkylation sites (N-methyl/N-ethyl adjacent to an activating group) is 1. The van der Waals surface area contributed by atoms with E-state index in [0.717, 1.165) is 25.6 Å². The van der Waals surface area contributed by atoms with Crippen LogP contribution in [0.2, 0.25) is 0 Å². The van der Waals surface area contributed by atoms with E-state index in [2.05, 4.69) is 41.2 Å². The van der Waals surface area contributed by atoms with Crippen LogP contribution in [0.1, 0.15) is 38.8 Å². The first kappa shape index (κ1) is 14.5. The molecule has 2 rings (SSSR count). The molecule has 3 heteroatoms. The number of nitrogens with one attached hydrogen (secondary N) is 1. The van der Waals surface area contributed by atoms with Gasteiger partial charge >= 0.3 is 0 Å². The molecule has 1 aromatic rings. The Bertz CT molecular complexity index is 352. The fourth-order valence-electron chi connectivity index (χ4n) is 2.94. The molecule has 2 unspecified atom stereocenters. The van der Waals surface area contributed by atoms with Crippen molar-refractivity contribution in [1.82, 2.24) is 15.2 Å². The van der Waals surface area contributed by atoms with Crippen LogP contribution in [-0.4, -0.2) is 35.6 Å². The molecule has 1 aliphatic heterocycles. The van der Waals surface area contributed by atoms with Crippen LogP contribution in [0.4, 0.5) is 0 Å². The second-order valence-corrected chi connectivity index (χ2v) is 5.60. The Morgan fingerprint density at radius 1 is 1.37 bits per heavy atom. The Kier molecular flexibility index (Phi) is 5.80. The van der Waals surface area contributed by atoms with Gasteiger partial charge in [0.1, 0.15) is 0 Å². The van der Waals surface area contributed by atoms with E-state index in [4.69, 9.17) is 0 Å². The summed E-state index contributed by atoms with van der Waals surface area (Å²) in [5, 5.41) is 3.67. The Hall–Kier alpha value is -0.930. The van der Waals surface area contributed by atoms with Crippen molar-refractivity contribution in [2.75, 3.05) is 19.6 Å². The zero-order valence-electron chi connectivity index (χ0n) is 12.3. The lowest BCUT2D eigenvalue weighted by Crippen LogP contribution is -2.45. The maximum absolute atomic E-state index is 4.43. The van der Waals surface area contributed by atoms with Crippen LogP contribution in [0.5, 0.6) is 0 Å². The first-order valence-corrected chi connectivity index (χ1v) is 7.67. The minimum Gasteiger partial charge on any atom is -0.313 e. The molecule has 0 aromatic carbocycles. The number of rotatable bonds is 6. The van der Waals surface area contributed by atoms with Gasteiger partial charge < -0.3 is 5.32 Å². The fraction of sp³-hybridized carbons (Fsp3) is 0.688. The molecular formula is C16H27N3. The molecule has 0 radical (unpaired) electrons. The number of hydrogen-bond donors (Lipinski definition) is 1. The maximum atomic E-state index is 4.43. The standard InChI is InChI=1S/C16H27N3/c1-3-14-8-10-18-16(11-14)13-19(4-2)12-15-7-5-6-9-17-15/h5-7,9,14,16,18H,3-4,8,10-13H2,1-2H3. The molecule has 1 fully saturated rings. The van der Waals surface area contributed by atoms with Gasteiger partial charge in [0.15, 0.2) is 0 Å². The molecule has 3 nitrogen and oxygen atoms in total. The van der Waals surface area contributed by atoms with Crippen molar-refractivity contribution < 1.29 is 0 Å². The van der Waals surface area contributed by atoms with E-state index < -0.39 is 0 Å². The fourth-order valence-corrected chi connectivity index (χ4v) is 2.94. The van der Waals surface area contributed by atoms with Crippen LogP contribution in [0, 0.1) is 5.92 Å². The third-order valence-electron chi connectivity index (χ3n) is 4.22. The van der Waals surface area contributed by atoms with Crippen LogP contribution < -0.4 is 5.32 Å². The average Bonchev–Trinajstić information content (AvgIpc) is 2.48. The lowest BCUT2D eigenvalue weighted by molar-refractivity contribution is 0.199. The third-order valence-corrected chi connectivity index (χ3v) is 4.22. The summed E-state index contributed by atoms with van der Waals surface area (Å²) < 4.78 is 0. The highest BCUT2D eigenvalue weighted by atomic mass is 15.2. The second kappa shape index (κ2) is 7.61. The normalized spacial score (nSPS) is 23.7. The van der Waals surface area contributed by atoms with Gasteiger partial charge in [0, 0.05) is 25.3 Å². The zero-order chi connectivity index (χ0) is 13.5. The van der Waals surface area contributed by atoms with Crippen molar-refractivity contribution in [2.24, 2.45) is 5.92 Å². The predicted octanol–water partition coefficient (Wildman–Crippen LogP) is 2.68. The number of nitrogens with zero attached hydrogens (tertiary/aromatic N) is 2. The molecule has 19 heavy (non-hydrogen) atoms. The first-order chi connectivity index (χ1) is 9.31. The molecule has 0 saturated carbocycles. The Morgan fingerprint density at radius 3 is 2.95 bits per heavy atom. The van der Waals surface area contributed by atoms with Crippen molar-refractivity contribution in [3.05, 3.63) is 30.1 Å². The number of hydrogen-bond acceptors (Lipinski definition) is 3. The van der Waals surface area contributed by atoms with Crippen molar-refractivity contribution in [2.45, 2.75) is 45.7 Å². The highest BCUT2D eigenvalue weighted by molar-refractivity contribution is 5.03. The Morgan fingerprint density at radius 2 is 2.26 bits per heavy atom. The zero-order valence-corrected chi connectivity index (χ0v) is 12.3. The quantitative estimate of drug-likeness (QED) is 0.853. The van der Waals surface area contributed by atoms with E-state index in [9.17, 15) is 0 Å². The highest BCUT2D eigenvalue weighted by Gasteiger charge is 2.21. The summed E-state index contributed by atoms with van der Waals surface area (Å²) in [4.78, 5) is 6.93. The average molecular weight is 261 g/mol. The molecule has 1 saturated heterocycles. The lowest BCUT2D eigenvalue weighted by atomic mass is 9.90. The molecular weight excluding hydrogens is 234 g/mol. The smallest absolute Gasteiger partial charge is 0.0543 e. The molecule has 1 N–H and O–H groups in total. The first-order valence-electron chi connectivity index (χ1n) is 7.67. The Labute approximate surface area is 117 Å². The number of piperidine rings is 1. The minimum atomic E-state index is 0.655. The molecule has 1 aromatic heterocycles. The molecule has 0 bridgehead atoms. The van der Waals surface area contributed by atoms with Gasteiger partial charge in [-0.3, -0.25) is 9.88 Å². The van der Waals surface area contributed by atoms with E-state index >= 15 is 0 Å². The second-order valence-electron chi connectivity index (χ2n) is 5.60. The van der Waals surface area contributed by atoms with Crippen molar-refractivity contribution in [1.29, 1.82) is 0 Å². The summed E-state index contributed by atoms with van der Waals surface area (Å²) >= 11 is 0. The predicted molar refractivity (Wildman–Crippen MR) is 80.0 cm³/mol. The maximum Gasteiger partial charge on any atom is 0.0543 e. The van der Waals surface area contributed by atoms with E-state index in [1.165, 1.54) is 31.5 Å². The molecule has 2 atom stereocenters. The molecule has 0 aliphatic carbocycles. The SMILES string of the molecule is CCC1CCNC(CN(CC)Cc2ccccn2)C1. The third kappa shape index (κ3) is 4.59. The van der Waals surface area contributed by atoms with Crippen LogP contribution in [0.25, 0.3) is 0 Å². The summed E-state index contributed by atoms with van der Waals surface area (Å²) in [6.45, 7) is 8.94. The van der Waals surface area contributed by atoms with Gasteiger partial charge in [-0.15, -0.1) is 0 Å². The van der Waals surface area contributed by atoms with Crippen molar-refractivity contribution >= 4 is 0 Å². The van der Waals surface area contributed by atoms with Crippen molar-refractivity contribution in [3.8, 4) is 0 Å². The van der Waals surface area contributed by atoms with Crippen LogP contribution in [0.3, 0.4) is 0 Å². The summed E-state index contributed by atoms with van der Waals surface area (Å²) in [7, 11) is 0. The molecule has 1 aliphatic rings. The number of pyridine rings is 1. The van der Waals surface area contributed by atoms with Gasteiger partial charge in [-0.2, -0.15) is 0 Å². The van der Waals surface area contributed by atoms with Gasteiger partial charge in [-0.1, -0.05) is 26.3 Å². The lowest BCUT2D eigenvalue weighted by Gasteiger charge is -2.33. The molecule has 106 valence electrons.